The Labute approximate surface area is 89.8 Å². The van der Waals surface area contributed by atoms with Crippen LogP contribution in [0.25, 0.3) is 0 Å². The summed E-state index contributed by atoms with van der Waals surface area (Å²) in [4.78, 5) is 5.14. The summed E-state index contributed by atoms with van der Waals surface area (Å²) < 4.78 is 16.6. The van der Waals surface area contributed by atoms with Gasteiger partial charge in [-0.15, -0.1) is 0 Å². The Morgan fingerprint density at radius 1 is 1.43 bits per heavy atom. The summed E-state index contributed by atoms with van der Waals surface area (Å²) in [5.74, 6) is 0. The van der Waals surface area contributed by atoms with Gasteiger partial charge in [0.25, 0.3) is 0 Å². The van der Waals surface area contributed by atoms with E-state index in [0.29, 0.717) is 0 Å². The Balaban J connectivity index is 2.34. The molecule has 0 fully saturated rings. The summed E-state index contributed by atoms with van der Waals surface area (Å²) >= 11 is -2.31. The molecule has 0 N–H and O–H groups in total. The molecule has 4 heteroatoms. The van der Waals surface area contributed by atoms with E-state index < -0.39 is 14.2 Å². The van der Waals surface area contributed by atoms with Gasteiger partial charge >= 0.3 is 89.5 Å². The molecule has 0 radical (unpaired) electrons. The van der Waals surface area contributed by atoms with Crippen LogP contribution in [0.15, 0.2) is 12.2 Å². The van der Waals surface area contributed by atoms with E-state index in [1.807, 2.05) is 26.8 Å². The van der Waals surface area contributed by atoms with E-state index in [-0.39, 0.29) is 10.4 Å². The summed E-state index contributed by atoms with van der Waals surface area (Å²) in [5, 5.41) is 0. The van der Waals surface area contributed by atoms with Crippen LogP contribution in [0.2, 0.25) is 4.82 Å². The van der Waals surface area contributed by atoms with Gasteiger partial charge in [0.05, 0.1) is 0 Å². The molecule has 1 rings (SSSR count). The van der Waals surface area contributed by atoms with Crippen LogP contribution in [0.5, 0.6) is 0 Å². The first-order chi connectivity index (χ1) is 6.49. The summed E-state index contributed by atoms with van der Waals surface area (Å²) in [7, 11) is 0. The Morgan fingerprint density at radius 2 is 2.14 bits per heavy atom. The molecule has 0 aromatic rings. The molecule has 3 nitrogen and oxygen atoms in total. The molecule has 0 bridgehead atoms. The molecule has 0 heterocycles. The predicted octanol–water partition coefficient (Wildman–Crippen LogP) is 2.76. The average molecular weight is 265 g/mol. The molecular weight excluding hydrogens is 247 g/mol. The first-order valence-corrected chi connectivity index (χ1v) is 7.31. The SMILES string of the molecule is CC(C)(C)OO[Se](=O)C1C=CCCC1. The second kappa shape index (κ2) is 5.17. The van der Waals surface area contributed by atoms with Crippen LogP contribution in [-0.4, -0.2) is 19.8 Å². The Hall–Kier alpha value is -0.0205. The first kappa shape index (κ1) is 12.1. The summed E-state index contributed by atoms with van der Waals surface area (Å²) in [6.07, 6.45) is 7.21. The first-order valence-electron chi connectivity index (χ1n) is 4.92. The van der Waals surface area contributed by atoms with Gasteiger partial charge in [0, 0.05) is 0 Å². The molecule has 1 aliphatic rings. The van der Waals surface area contributed by atoms with Crippen molar-refractivity contribution in [2.24, 2.45) is 0 Å². The maximum atomic E-state index is 11.7. The number of rotatable bonds is 3. The van der Waals surface area contributed by atoms with Gasteiger partial charge < -0.3 is 0 Å². The Morgan fingerprint density at radius 3 is 2.64 bits per heavy atom. The van der Waals surface area contributed by atoms with E-state index in [9.17, 15) is 3.83 Å². The van der Waals surface area contributed by atoms with E-state index in [2.05, 4.69) is 6.08 Å². The zero-order chi connectivity index (χ0) is 10.6. The number of hydrogen-bond donors (Lipinski definition) is 0. The van der Waals surface area contributed by atoms with Crippen molar-refractivity contribution in [3.63, 3.8) is 0 Å². The maximum absolute atomic E-state index is 11.7. The molecule has 0 amide bonds. The number of hydrogen-bond acceptors (Lipinski definition) is 3. The zero-order valence-electron chi connectivity index (χ0n) is 8.99. The fourth-order valence-electron chi connectivity index (χ4n) is 1.13. The standard InChI is InChI=1S/C10H18O3Se/c1-10(2,3)12-13-14(11)9-7-5-4-6-8-9/h5,7,9H,4,6,8H2,1-3H3. The van der Waals surface area contributed by atoms with Crippen molar-refractivity contribution in [2.75, 3.05) is 0 Å². The minimum absolute atomic E-state index is 0.0890. The van der Waals surface area contributed by atoms with Gasteiger partial charge in [-0.3, -0.25) is 0 Å². The van der Waals surface area contributed by atoms with Crippen LogP contribution in [0.1, 0.15) is 40.0 Å². The third-order valence-electron chi connectivity index (χ3n) is 1.81. The van der Waals surface area contributed by atoms with Crippen molar-refractivity contribution >= 4 is 14.2 Å². The van der Waals surface area contributed by atoms with Crippen LogP contribution in [0.4, 0.5) is 0 Å². The molecule has 2 unspecified atom stereocenters. The van der Waals surface area contributed by atoms with E-state index in [1.54, 1.807) is 0 Å². The second-order valence-electron chi connectivity index (χ2n) is 4.42. The molecule has 0 aromatic heterocycles. The fraction of sp³-hybridized carbons (Fsp3) is 0.800. The minimum atomic E-state index is -2.31. The third kappa shape index (κ3) is 4.47. The Bertz CT molecular complexity index is 230. The zero-order valence-corrected chi connectivity index (χ0v) is 10.7. The van der Waals surface area contributed by atoms with Gasteiger partial charge in [-0.2, -0.15) is 0 Å². The molecule has 14 heavy (non-hydrogen) atoms. The molecule has 0 saturated carbocycles. The van der Waals surface area contributed by atoms with Crippen molar-refractivity contribution < 1.29 is 12.7 Å². The number of allylic oxidation sites excluding steroid dienone is 2. The van der Waals surface area contributed by atoms with Gasteiger partial charge in [0.15, 0.2) is 0 Å². The van der Waals surface area contributed by atoms with Crippen LogP contribution in [0, 0.1) is 0 Å². The van der Waals surface area contributed by atoms with Gasteiger partial charge in [0.1, 0.15) is 0 Å². The normalized spacial score (nSPS) is 24.9. The van der Waals surface area contributed by atoms with Crippen molar-refractivity contribution in [1.29, 1.82) is 0 Å². The van der Waals surface area contributed by atoms with Crippen molar-refractivity contribution in [3.05, 3.63) is 12.2 Å². The van der Waals surface area contributed by atoms with Gasteiger partial charge in [0.2, 0.25) is 0 Å². The van der Waals surface area contributed by atoms with Crippen LogP contribution >= 0.6 is 0 Å². The molecule has 0 saturated heterocycles. The molecule has 82 valence electrons. The quantitative estimate of drug-likeness (QED) is 0.340. The van der Waals surface area contributed by atoms with E-state index >= 15 is 0 Å². The van der Waals surface area contributed by atoms with Gasteiger partial charge in [-0.25, -0.2) is 0 Å². The van der Waals surface area contributed by atoms with Crippen molar-refractivity contribution in [3.8, 4) is 0 Å². The van der Waals surface area contributed by atoms with Crippen LogP contribution in [0.3, 0.4) is 0 Å². The second-order valence-corrected chi connectivity index (χ2v) is 7.07. The fourth-order valence-corrected chi connectivity index (χ4v) is 3.16. The molecule has 0 spiro atoms. The van der Waals surface area contributed by atoms with Crippen LogP contribution in [-0.2, 0) is 12.7 Å². The van der Waals surface area contributed by atoms with E-state index in [0.717, 1.165) is 19.3 Å². The van der Waals surface area contributed by atoms with Gasteiger partial charge in [-0.05, 0) is 0 Å². The van der Waals surface area contributed by atoms with Crippen LogP contribution < -0.4 is 0 Å². The van der Waals surface area contributed by atoms with E-state index in [1.165, 1.54) is 0 Å². The van der Waals surface area contributed by atoms with E-state index in [4.69, 9.17) is 8.86 Å². The molecule has 2 atom stereocenters. The van der Waals surface area contributed by atoms with Crippen molar-refractivity contribution in [1.82, 2.24) is 0 Å². The summed E-state index contributed by atoms with van der Waals surface area (Å²) in [6, 6.07) is 0. The molecule has 1 aliphatic carbocycles. The van der Waals surface area contributed by atoms with Gasteiger partial charge in [-0.1, -0.05) is 0 Å². The molecular formula is C10H18O3Se. The topological polar surface area (TPSA) is 35.5 Å². The monoisotopic (exact) mass is 266 g/mol. The average Bonchev–Trinajstić information content (AvgIpc) is 2.14. The predicted molar refractivity (Wildman–Crippen MR) is 55.1 cm³/mol. The summed E-state index contributed by atoms with van der Waals surface area (Å²) in [5.41, 5.74) is -0.384. The Kier molecular flexibility index (Phi) is 4.45. The molecule has 0 aliphatic heterocycles. The summed E-state index contributed by atoms with van der Waals surface area (Å²) in [6.45, 7) is 5.63. The van der Waals surface area contributed by atoms with Crippen molar-refractivity contribution in [2.45, 2.75) is 50.5 Å². The molecule has 0 aromatic carbocycles. The third-order valence-corrected chi connectivity index (χ3v) is 4.09.